The minimum atomic E-state index is -0.273. The molecule has 1 heterocycles. The summed E-state index contributed by atoms with van der Waals surface area (Å²) >= 11 is 0. The summed E-state index contributed by atoms with van der Waals surface area (Å²) in [6.45, 7) is 5.91. The second-order valence-electron chi connectivity index (χ2n) is 6.72. The lowest BCUT2D eigenvalue weighted by molar-refractivity contribution is -0.160. The lowest BCUT2D eigenvalue weighted by Crippen LogP contribution is -2.56. The van der Waals surface area contributed by atoms with Gasteiger partial charge in [-0.05, 0) is 32.6 Å². The summed E-state index contributed by atoms with van der Waals surface area (Å²) in [7, 11) is 0. The number of amides is 1. The molecule has 19 heavy (non-hydrogen) atoms. The van der Waals surface area contributed by atoms with Gasteiger partial charge in [-0.2, -0.15) is 0 Å². The molecule has 0 aromatic carbocycles. The molecule has 2 rings (SSSR count). The van der Waals surface area contributed by atoms with E-state index < -0.39 is 0 Å². The Morgan fingerprint density at radius 2 is 2.00 bits per heavy atom. The van der Waals surface area contributed by atoms with Crippen LogP contribution < -0.4 is 5.73 Å². The van der Waals surface area contributed by atoms with E-state index in [2.05, 4.69) is 0 Å². The number of ether oxygens (including phenoxy) is 1. The zero-order chi connectivity index (χ0) is 13.9. The van der Waals surface area contributed by atoms with Gasteiger partial charge < -0.3 is 15.4 Å². The zero-order valence-corrected chi connectivity index (χ0v) is 12.4. The number of hydrogen-bond donors (Lipinski definition) is 1. The molecule has 1 aliphatic heterocycles. The molecule has 1 atom stereocenters. The van der Waals surface area contributed by atoms with E-state index >= 15 is 0 Å². The molecule has 2 fully saturated rings. The average molecular weight is 268 g/mol. The number of nitrogens with two attached hydrogens (primary N) is 1. The Morgan fingerprint density at radius 3 is 2.63 bits per heavy atom. The Balaban J connectivity index is 1.89. The summed E-state index contributed by atoms with van der Waals surface area (Å²) in [5.74, 6) is 0.894. The molecule has 0 spiro atoms. The van der Waals surface area contributed by atoms with Crippen molar-refractivity contribution in [1.82, 2.24) is 4.90 Å². The van der Waals surface area contributed by atoms with Gasteiger partial charge in [0.1, 0.15) is 0 Å². The van der Waals surface area contributed by atoms with E-state index in [9.17, 15) is 4.79 Å². The quantitative estimate of drug-likeness (QED) is 0.851. The van der Waals surface area contributed by atoms with Crippen molar-refractivity contribution in [3.63, 3.8) is 0 Å². The Kier molecular flexibility index (Phi) is 4.85. The molecule has 1 saturated carbocycles. The number of carbonyl (C=O) groups excluding carboxylic acids is 1. The predicted octanol–water partition coefficient (Wildman–Crippen LogP) is 1.92. The molecular weight excluding hydrogens is 240 g/mol. The van der Waals surface area contributed by atoms with Crippen LogP contribution in [0.2, 0.25) is 0 Å². The van der Waals surface area contributed by atoms with Crippen molar-refractivity contribution in [2.24, 2.45) is 11.7 Å². The van der Waals surface area contributed by atoms with E-state index in [0.29, 0.717) is 37.9 Å². The number of nitrogens with zero attached hydrogens (tertiary/aromatic N) is 1. The van der Waals surface area contributed by atoms with Gasteiger partial charge >= 0.3 is 0 Å². The maximum absolute atomic E-state index is 12.4. The Labute approximate surface area is 116 Å². The van der Waals surface area contributed by atoms with Gasteiger partial charge in [-0.1, -0.05) is 19.3 Å². The van der Waals surface area contributed by atoms with E-state index in [1.165, 1.54) is 32.1 Å². The Hall–Kier alpha value is -0.610. The van der Waals surface area contributed by atoms with Crippen LogP contribution >= 0.6 is 0 Å². The summed E-state index contributed by atoms with van der Waals surface area (Å²) in [6, 6.07) is 0. The first-order valence-electron chi connectivity index (χ1n) is 7.66. The van der Waals surface area contributed by atoms with Crippen molar-refractivity contribution in [2.45, 2.75) is 64.1 Å². The van der Waals surface area contributed by atoms with Gasteiger partial charge in [-0.3, -0.25) is 4.79 Å². The third-order valence-electron chi connectivity index (χ3n) is 4.29. The third kappa shape index (κ3) is 4.18. The van der Waals surface area contributed by atoms with Crippen LogP contribution in [0.25, 0.3) is 0 Å². The van der Waals surface area contributed by atoms with Crippen LogP contribution in [0.15, 0.2) is 0 Å². The van der Waals surface area contributed by atoms with Gasteiger partial charge in [0.25, 0.3) is 0 Å². The fraction of sp³-hybridized carbons (Fsp3) is 0.933. The normalized spacial score (nSPS) is 28.4. The van der Waals surface area contributed by atoms with Crippen LogP contribution in [0.3, 0.4) is 0 Å². The van der Waals surface area contributed by atoms with Gasteiger partial charge in [0.2, 0.25) is 5.91 Å². The van der Waals surface area contributed by atoms with Gasteiger partial charge in [0, 0.05) is 26.1 Å². The molecule has 4 nitrogen and oxygen atoms in total. The number of carbonyl (C=O) groups is 1. The molecule has 2 aliphatic rings. The van der Waals surface area contributed by atoms with Gasteiger partial charge in [-0.25, -0.2) is 0 Å². The van der Waals surface area contributed by atoms with Crippen molar-refractivity contribution in [1.29, 1.82) is 0 Å². The SMILES string of the molecule is CC1(C)CN(C(=O)CC2CCCCC2)CC(CN)O1. The van der Waals surface area contributed by atoms with Crippen molar-refractivity contribution >= 4 is 5.91 Å². The van der Waals surface area contributed by atoms with Crippen LogP contribution in [-0.2, 0) is 9.53 Å². The average Bonchev–Trinajstić information content (AvgIpc) is 2.38. The largest absolute Gasteiger partial charge is 0.367 e. The standard InChI is InChI=1S/C15H28N2O2/c1-15(2)11-17(10-13(9-16)19-15)14(18)8-12-6-4-3-5-7-12/h12-13H,3-11,16H2,1-2H3. The van der Waals surface area contributed by atoms with Crippen molar-refractivity contribution < 1.29 is 9.53 Å². The highest BCUT2D eigenvalue weighted by Gasteiger charge is 2.35. The predicted molar refractivity (Wildman–Crippen MR) is 75.8 cm³/mol. The van der Waals surface area contributed by atoms with Crippen LogP contribution in [0.5, 0.6) is 0 Å². The molecule has 0 bridgehead atoms. The summed E-state index contributed by atoms with van der Waals surface area (Å²) in [4.78, 5) is 14.4. The zero-order valence-electron chi connectivity index (χ0n) is 12.4. The molecule has 1 aliphatic carbocycles. The Bertz CT molecular complexity index is 311. The lowest BCUT2D eigenvalue weighted by atomic mass is 9.86. The first-order valence-corrected chi connectivity index (χ1v) is 7.66. The summed E-state index contributed by atoms with van der Waals surface area (Å²) in [5.41, 5.74) is 5.43. The third-order valence-corrected chi connectivity index (χ3v) is 4.29. The van der Waals surface area contributed by atoms with Crippen LogP contribution in [0.4, 0.5) is 0 Å². The maximum Gasteiger partial charge on any atom is 0.223 e. The highest BCUT2D eigenvalue weighted by Crippen LogP contribution is 2.28. The fourth-order valence-electron chi connectivity index (χ4n) is 3.38. The summed E-state index contributed by atoms with van der Waals surface area (Å²) in [6.07, 6.45) is 7.06. The molecular formula is C15H28N2O2. The first-order chi connectivity index (χ1) is 9.00. The van der Waals surface area contributed by atoms with Crippen molar-refractivity contribution in [2.75, 3.05) is 19.6 Å². The molecule has 0 aromatic rings. The van der Waals surface area contributed by atoms with Gasteiger partial charge in [-0.15, -0.1) is 0 Å². The van der Waals surface area contributed by atoms with Crippen molar-refractivity contribution in [3.8, 4) is 0 Å². The van der Waals surface area contributed by atoms with E-state index in [4.69, 9.17) is 10.5 Å². The molecule has 110 valence electrons. The van der Waals surface area contributed by atoms with E-state index in [1.807, 2.05) is 18.7 Å². The molecule has 1 amide bonds. The molecule has 1 unspecified atom stereocenters. The highest BCUT2D eigenvalue weighted by atomic mass is 16.5. The lowest BCUT2D eigenvalue weighted by Gasteiger charge is -2.43. The molecule has 0 radical (unpaired) electrons. The summed E-state index contributed by atoms with van der Waals surface area (Å²) < 4.78 is 5.87. The molecule has 0 aromatic heterocycles. The molecule has 4 heteroatoms. The number of rotatable bonds is 3. The number of hydrogen-bond acceptors (Lipinski definition) is 3. The highest BCUT2D eigenvalue weighted by molar-refractivity contribution is 5.76. The van der Waals surface area contributed by atoms with E-state index in [0.717, 1.165) is 0 Å². The van der Waals surface area contributed by atoms with Gasteiger partial charge in [0.15, 0.2) is 0 Å². The monoisotopic (exact) mass is 268 g/mol. The molecule has 1 saturated heterocycles. The van der Waals surface area contributed by atoms with Crippen LogP contribution in [-0.4, -0.2) is 42.1 Å². The van der Waals surface area contributed by atoms with Crippen LogP contribution in [0.1, 0.15) is 52.4 Å². The summed E-state index contributed by atoms with van der Waals surface area (Å²) in [5, 5.41) is 0. The maximum atomic E-state index is 12.4. The fourth-order valence-corrected chi connectivity index (χ4v) is 3.38. The first kappa shape index (κ1) is 14.8. The van der Waals surface area contributed by atoms with Crippen LogP contribution in [0, 0.1) is 5.92 Å². The second-order valence-corrected chi connectivity index (χ2v) is 6.72. The van der Waals surface area contributed by atoms with E-state index in [1.54, 1.807) is 0 Å². The van der Waals surface area contributed by atoms with E-state index in [-0.39, 0.29) is 11.7 Å². The smallest absolute Gasteiger partial charge is 0.223 e. The van der Waals surface area contributed by atoms with Gasteiger partial charge in [0.05, 0.1) is 11.7 Å². The second kappa shape index (κ2) is 6.23. The molecule has 2 N–H and O–H groups in total. The minimum absolute atomic E-state index is 0.0148. The van der Waals surface area contributed by atoms with Crippen molar-refractivity contribution in [3.05, 3.63) is 0 Å². The Morgan fingerprint density at radius 1 is 1.32 bits per heavy atom. The number of morpholine rings is 1. The topological polar surface area (TPSA) is 55.6 Å². The minimum Gasteiger partial charge on any atom is -0.367 e.